The molecule has 4 aliphatic heterocycles. The zero-order valence-corrected chi connectivity index (χ0v) is 25.2. The monoisotopic (exact) mass is 626 g/mol. The van der Waals surface area contributed by atoms with Gasteiger partial charge in [0.2, 0.25) is 0 Å². The van der Waals surface area contributed by atoms with Crippen LogP contribution in [0.4, 0.5) is 11.4 Å². The summed E-state index contributed by atoms with van der Waals surface area (Å²) in [6.07, 6.45) is 6.33. The van der Waals surface area contributed by atoms with Gasteiger partial charge >= 0.3 is 0 Å². The summed E-state index contributed by atoms with van der Waals surface area (Å²) in [7, 11) is -9.82. The Hall–Kier alpha value is -3.32. The van der Waals surface area contributed by atoms with Gasteiger partial charge in [-0.2, -0.15) is 16.8 Å². The molecular weight excluding hydrogens is 592 g/mol. The first-order chi connectivity index (χ1) is 20.4. The van der Waals surface area contributed by atoms with E-state index in [0.717, 1.165) is 110 Å². The number of phenols is 2. The number of benzene rings is 3. The molecule has 4 aliphatic rings. The van der Waals surface area contributed by atoms with E-state index in [1.165, 1.54) is 6.07 Å². The summed E-state index contributed by atoms with van der Waals surface area (Å²) in [5.41, 5.74) is 6.36. The molecule has 0 fully saturated rings. The molecule has 0 atom stereocenters. The third-order valence-corrected chi connectivity index (χ3v) is 11.3. The highest BCUT2D eigenvalue weighted by Crippen LogP contribution is 2.52. The molecule has 228 valence electrons. The Labute approximate surface area is 251 Å². The summed E-state index contributed by atoms with van der Waals surface area (Å²) in [4.78, 5) is 3.14. The summed E-state index contributed by atoms with van der Waals surface area (Å²) >= 11 is 0. The van der Waals surface area contributed by atoms with Crippen LogP contribution in [0.5, 0.6) is 11.5 Å². The lowest BCUT2D eigenvalue weighted by atomic mass is 9.77. The van der Waals surface area contributed by atoms with E-state index in [4.69, 9.17) is 0 Å². The molecule has 0 bridgehead atoms. The van der Waals surface area contributed by atoms with E-state index in [1.54, 1.807) is 0 Å². The van der Waals surface area contributed by atoms with Crippen LogP contribution < -0.4 is 9.80 Å². The average Bonchev–Trinajstić information content (AvgIpc) is 2.97. The number of rotatable bonds is 5. The lowest BCUT2D eigenvalue weighted by Gasteiger charge is -2.39. The van der Waals surface area contributed by atoms with E-state index in [1.807, 2.05) is 12.1 Å². The minimum absolute atomic E-state index is 0.00267. The summed E-state index contributed by atoms with van der Waals surface area (Å²) in [6, 6.07) is 6.80. The molecule has 0 saturated carbocycles. The van der Waals surface area contributed by atoms with Gasteiger partial charge in [-0.1, -0.05) is 6.07 Å². The van der Waals surface area contributed by atoms with Crippen LogP contribution in [0.2, 0.25) is 0 Å². The van der Waals surface area contributed by atoms with Crippen LogP contribution in [-0.4, -0.2) is 62.3 Å². The van der Waals surface area contributed by atoms with Gasteiger partial charge in [-0.15, -0.1) is 0 Å². The molecule has 4 N–H and O–H groups in total. The predicted octanol–water partition coefficient (Wildman–Crippen LogP) is 4.17. The molecule has 43 heavy (non-hydrogen) atoms. The molecule has 0 amide bonds. The molecule has 0 aliphatic carbocycles. The molecule has 10 nitrogen and oxygen atoms in total. The van der Waals surface area contributed by atoms with Crippen molar-refractivity contribution in [1.82, 2.24) is 0 Å². The summed E-state index contributed by atoms with van der Waals surface area (Å²) in [5, 5.41) is 23.8. The van der Waals surface area contributed by atoms with Crippen molar-refractivity contribution in [2.24, 2.45) is 0 Å². The maximum absolute atomic E-state index is 12.8. The van der Waals surface area contributed by atoms with Gasteiger partial charge in [0.1, 0.15) is 11.5 Å². The van der Waals surface area contributed by atoms with Crippen molar-refractivity contribution in [3.05, 3.63) is 69.3 Å². The Morgan fingerprint density at radius 1 is 0.605 bits per heavy atom. The highest BCUT2D eigenvalue weighted by molar-refractivity contribution is 7.86. The van der Waals surface area contributed by atoms with E-state index in [2.05, 4.69) is 9.80 Å². The minimum Gasteiger partial charge on any atom is -0.507 e. The van der Waals surface area contributed by atoms with Crippen molar-refractivity contribution in [2.75, 3.05) is 36.0 Å². The first-order valence-corrected chi connectivity index (χ1v) is 17.7. The van der Waals surface area contributed by atoms with E-state index in [0.29, 0.717) is 24.0 Å². The maximum Gasteiger partial charge on any atom is 0.294 e. The fraction of sp³-hybridized carbons (Fsp3) is 0.419. The van der Waals surface area contributed by atoms with E-state index >= 15 is 0 Å². The number of phenolic OH excluding ortho intramolecular Hbond substituents is 2. The van der Waals surface area contributed by atoms with Crippen molar-refractivity contribution < 1.29 is 36.2 Å². The first-order valence-electron chi connectivity index (χ1n) is 14.8. The predicted molar refractivity (Wildman–Crippen MR) is 161 cm³/mol. The molecule has 4 heterocycles. The minimum atomic E-state index is -5.02. The Balaban J connectivity index is 1.56. The second-order valence-corrected chi connectivity index (χ2v) is 14.9. The lowest BCUT2D eigenvalue weighted by molar-refractivity contribution is 0.444. The summed E-state index contributed by atoms with van der Waals surface area (Å²) in [6.45, 7) is 3.55. The standard InChI is InChI=1S/C31H34N2O8S2/c34-30-22-7-3-13-32-11-1-5-18(28(22)32)15-24(30)27(21-10-9-20(42(36,37)38)17-26(21)43(39,40)41)25-16-19-6-2-12-33-14-4-8-23(29(19)33)31(25)35/h9-10,15-17,27,34-35H,1-8,11-14H2,(H,36,37,38)(H,39,40,41). The SMILES string of the molecule is O=S(=O)(O)c1ccc(C(c2cc3c4c(c2O)CCCN4CCC3)c2cc3c4c(c2O)CCCN4CCC3)c(S(=O)(=O)O)c1. The molecule has 12 heteroatoms. The highest BCUT2D eigenvalue weighted by Gasteiger charge is 2.37. The highest BCUT2D eigenvalue weighted by atomic mass is 32.2. The number of nitrogens with zero attached hydrogens (tertiary/aromatic N) is 2. The number of aromatic hydroxyl groups is 2. The van der Waals surface area contributed by atoms with Gasteiger partial charge in [-0.3, -0.25) is 9.11 Å². The topological polar surface area (TPSA) is 156 Å². The zero-order valence-electron chi connectivity index (χ0n) is 23.6. The van der Waals surface area contributed by atoms with Crippen molar-refractivity contribution in [2.45, 2.75) is 67.1 Å². The number of anilines is 2. The van der Waals surface area contributed by atoms with Crippen LogP contribution in [0.3, 0.4) is 0 Å². The fourth-order valence-corrected chi connectivity index (χ4v) is 9.16. The molecule has 0 radical (unpaired) electrons. The number of hydrogen-bond donors (Lipinski definition) is 4. The number of hydrogen-bond acceptors (Lipinski definition) is 8. The van der Waals surface area contributed by atoms with Crippen LogP contribution in [0, 0.1) is 0 Å². The van der Waals surface area contributed by atoms with E-state index in [9.17, 15) is 36.2 Å². The molecule has 0 saturated heterocycles. The van der Waals surface area contributed by atoms with Crippen LogP contribution in [-0.2, 0) is 45.9 Å². The van der Waals surface area contributed by atoms with Gasteiger partial charge < -0.3 is 20.0 Å². The smallest absolute Gasteiger partial charge is 0.294 e. The first kappa shape index (κ1) is 28.5. The lowest BCUT2D eigenvalue weighted by Crippen LogP contribution is -2.35. The second-order valence-electron chi connectivity index (χ2n) is 12.1. The molecule has 3 aromatic carbocycles. The van der Waals surface area contributed by atoms with Gasteiger partial charge in [0.25, 0.3) is 20.2 Å². The number of aryl methyl sites for hydroxylation is 2. The Morgan fingerprint density at radius 3 is 1.51 bits per heavy atom. The Bertz CT molecular complexity index is 1800. The quantitative estimate of drug-likeness (QED) is 0.240. The molecule has 0 aromatic heterocycles. The van der Waals surface area contributed by atoms with Crippen LogP contribution in [0.15, 0.2) is 40.1 Å². The normalized spacial score (nSPS) is 18.0. The third-order valence-electron chi connectivity index (χ3n) is 9.54. The van der Waals surface area contributed by atoms with Crippen molar-refractivity contribution >= 4 is 31.6 Å². The Morgan fingerprint density at radius 2 is 1.07 bits per heavy atom. The van der Waals surface area contributed by atoms with Gasteiger partial charge in [0.15, 0.2) is 0 Å². The van der Waals surface area contributed by atoms with Gasteiger partial charge in [-0.05, 0) is 92.3 Å². The van der Waals surface area contributed by atoms with Crippen LogP contribution in [0.1, 0.15) is 70.5 Å². The Kier molecular flexibility index (Phi) is 6.69. The largest absolute Gasteiger partial charge is 0.507 e. The van der Waals surface area contributed by atoms with Crippen molar-refractivity contribution in [1.29, 1.82) is 0 Å². The third kappa shape index (κ3) is 4.66. The molecule has 0 spiro atoms. The fourth-order valence-electron chi connectivity index (χ4n) is 7.82. The molecule has 3 aromatic rings. The maximum atomic E-state index is 12.8. The van der Waals surface area contributed by atoms with Crippen LogP contribution >= 0.6 is 0 Å². The average molecular weight is 627 g/mol. The van der Waals surface area contributed by atoms with E-state index < -0.39 is 35.9 Å². The molecular formula is C31H34N2O8S2. The van der Waals surface area contributed by atoms with Crippen molar-refractivity contribution in [3.63, 3.8) is 0 Å². The molecule has 0 unspecified atom stereocenters. The van der Waals surface area contributed by atoms with Crippen molar-refractivity contribution in [3.8, 4) is 11.5 Å². The van der Waals surface area contributed by atoms with Gasteiger partial charge in [0.05, 0.1) is 9.79 Å². The zero-order chi connectivity index (χ0) is 30.3. The molecule has 7 rings (SSSR count). The second kappa shape index (κ2) is 10.1. The van der Waals surface area contributed by atoms with Crippen LogP contribution in [0.25, 0.3) is 0 Å². The van der Waals surface area contributed by atoms with Gasteiger partial charge in [-0.25, -0.2) is 0 Å². The van der Waals surface area contributed by atoms with E-state index in [-0.39, 0.29) is 17.1 Å². The summed E-state index contributed by atoms with van der Waals surface area (Å²) in [5.74, 6) is -1.06. The summed E-state index contributed by atoms with van der Waals surface area (Å²) < 4.78 is 69.7. The van der Waals surface area contributed by atoms with Gasteiger partial charge in [0, 0.05) is 65.7 Å².